The van der Waals surface area contributed by atoms with E-state index in [9.17, 15) is 5.11 Å². The number of furan rings is 1. The summed E-state index contributed by atoms with van der Waals surface area (Å²) in [6.07, 6.45) is 3.46. The van der Waals surface area contributed by atoms with E-state index in [0.29, 0.717) is 18.3 Å². The minimum absolute atomic E-state index is 0.285. The molecule has 164 valence electrons. The van der Waals surface area contributed by atoms with Crippen LogP contribution in [-0.2, 0) is 12.1 Å². The Kier molecular flexibility index (Phi) is 7.70. The normalized spacial score (nSPS) is 17.6. The Morgan fingerprint density at radius 2 is 2.00 bits per heavy atom. The lowest BCUT2D eigenvalue weighted by Gasteiger charge is -2.34. The van der Waals surface area contributed by atoms with Crippen molar-refractivity contribution in [2.75, 3.05) is 50.7 Å². The number of aliphatic hydroxyl groups is 1. The molecule has 8 heteroatoms. The Hall–Kier alpha value is -2.58. The SMILES string of the molecule is CCNC(=NCc1ccc(N2CCN(CC)CC2)nc1)NCC(C)(O)c1ccco1. The molecule has 1 atom stereocenters. The van der Waals surface area contributed by atoms with Gasteiger partial charge in [-0.25, -0.2) is 9.98 Å². The number of pyridine rings is 1. The molecule has 30 heavy (non-hydrogen) atoms. The summed E-state index contributed by atoms with van der Waals surface area (Å²) >= 11 is 0. The standard InChI is InChI=1S/C22H34N6O2/c1-4-23-21(26-17-22(3,29)19-7-6-14-30-19)25-16-18-8-9-20(24-15-18)28-12-10-27(5-2)11-13-28/h6-9,14-15,29H,4-5,10-13,16-17H2,1-3H3,(H2,23,25,26). The lowest BCUT2D eigenvalue weighted by atomic mass is 10.0. The predicted molar refractivity (Wildman–Crippen MR) is 120 cm³/mol. The van der Waals surface area contributed by atoms with Gasteiger partial charge in [0.15, 0.2) is 5.96 Å². The fourth-order valence-electron chi connectivity index (χ4n) is 3.43. The monoisotopic (exact) mass is 414 g/mol. The van der Waals surface area contributed by atoms with E-state index in [-0.39, 0.29) is 6.54 Å². The van der Waals surface area contributed by atoms with Crippen molar-refractivity contribution in [2.24, 2.45) is 4.99 Å². The summed E-state index contributed by atoms with van der Waals surface area (Å²) in [7, 11) is 0. The number of aliphatic imine (C=N–C) groups is 1. The van der Waals surface area contributed by atoms with E-state index in [2.05, 4.69) is 49.5 Å². The van der Waals surface area contributed by atoms with Gasteiger partial charge in [-0.1, -0.05) is 13.0 Å². The number of anilines is 1. The summed E-state index contributed by atoms with van der Waals surface area (Å²) in [5.74, 6) is 2.19. The summed E-state index contributed by atoms with van der Waals surface area (Å²) in [6, 6.07) is 7.69. The second-order valence-electron chi connectivity index (χ2n) is 7.75. The summed E-state index contributed by atoms with van der Waals surface area (Å²) in [4.78, 5) is 14.1. The van der Waals surface area contributed by atoms with E-state index in [1.165, 1.54) is 0 Å². The van der Waals surface area contributed by atoms with Crippen molar-refractivity contribution in [3.8, 4) is 0 Å². The molecule has 2 aromatic rings. The maximum absolute atomic E-state index is 10.6. The van der Waals surface area contributed by atoms with Gasteiger partial charge in [-0.15, -0.1) is 0 Å². The first-order valence-corrected chi connectivity index (χ1v) is 10.7. The lowest BCUT2D eigenvalue weighted by Crippen LogP contribution is -2.46. The van der Waals surface area contributed by atoms with E-state index in [1.807, 2.05) is 13.1 Å². The third-order valence-electron chi connectivity index (χ3n) is 5.37. The smallest absolute Gasteiger partial charge is 0.191 e. The molecular formula is C22H34N6O2. The molecule has 0 aliphatic carbocycles. The van der Waals surface area contributed by atoms with E-state index in [1.54, 1.807) is 25.3 Å². The van der Waals surface area contributed by atoms with Crippen molar-refractivity contribution in [1.29, 1.82) is 0 Å². The predicted octanol–water partition coefficient (Wildman–Crippen LogP) is 1.78. The molecule has 0 saturated carbocycles. The van der Waals surface area contributed by atoms with Gasteiger partial charge in [0.1, 0.15) is 17.2 Å². The number of piperazine rings is 1. The maximum atomic E-state index is 10.6. The van der Waals surface area contributed by atoms with Gasteiger partial charge in [0.2, 0.25) is 0 Å². The summed E-state index contributed by atoms with van der Waals surface area (Å²) < 4.78 is 5.33. The number of guanidine groups is 1. The average molecular weight is 415 g/mol. The van der Waals surface area contributed by atoms with Crippen molar-refractivity contribution < 1.29 is 9.52 Å². The van der Waals surface area contributed by atoms with E-state index < -0.39 is 5.60 Å². The molecule has 3 rings (SSSR count). The zero-order valence-electron chi connectivity index (χ0n) is 18.3. The molecule has 3 heterocycles. The molecule has 1 unspecified atom stereocenters. The number of rotatable bonds is 8. The summed E-state index contributed by atoms with van der Waals surface area (Å²) in [5.41, 5.74) is -0.0778. The fraction of sp³-hybridized carbons (Fsp3) is 0.545. The van der Waals surface area contributed by atoms with Crippen LogP contribution in [0.25, 0.3) is 0 Å². The minimum Gasteiger partial charge on any atom is -0.466 e. The zero-order chi connectivity index (χ0) is 21.4. The molecule has 0 spiro atoms. The van der Waals surface area contributed by atoms with Gasteiger partial charge in [-0.3, -0.25) is 0 Å². The first-order valence-electron chi connectivity index (χ1n) is 10.7. The number of nitrogens with one attached hydrogen (secondary N) is 2. The fourth-order valence-corrected chi connectivity index (χ4v) is 3.43. The van der Waals surface area contributed by atoms with Crippen LogP contribution in [0.5, 0.6) is 0 Å². The van der Waals surface area contributed by atoms with Crippen LogP contribution in [0.15, 0.2) is 46.1 Å². The van der Waals surface area contributed by atoms with Gasteiger partial charge in [-0.05, 0) is 44.2 Å². The van der Waals surface area contributed by atoms with E-state index in [4.69, 9.17) is 4.42 Å². The minimum atomic E-state index is -1.12. The van der Waals surface area contributed by atoms with Gasteiger partial charge in [-0.2, -0.15) is 0 Å². The number of aromatic nitrogens is 1. The highest BCUT2D eigenvalue weighted by molar-refractivity contribution is 5.79. The van der Waals surface area contributed by atoms with Crippen molar-refractivity contribution in [1.82, 2.24) is 20.5 Å². The number of hydrogen-bond donors (Lipinski definition) is 3. The molecule has 1 fully saturated rings. The van der Waals surface area contributed by atoms with Gasteiger partial charge >= 0.3 is 0 Å². The van der Waals surface area contributed by atoms with Crippen LogP contribution in [0.4, 0.5) is 5.82 Å². The summed E-state index contributed by atoms with van der Waals surface area (Å²) in [5, 5.41) is 17.0. The van der Waals surface area contributed by atoms with Crippen LogP contribution in [-0.4, -0.2) is 66.8 Å². The maximum Gasteiger partial charge on any atom is 0.191 e. The van der Waals surface area contributed by atoms with Crippen LogP contribution >= 0.6 is 0 Å². The van der Waals surface area contributed by atoms with Crippen molar-refractivity contribution >= 4 is 11.8 Å². The second-order valence-corrected chi connectivity index (χ2v) is 7.75. The Labute approximate surface area is 179 Å². The molecule has 1 aliphatic heterocycles. The van der Waals surface area contributed by atoms with Gasteiger partial charge in [0, 0.05) is 38.9 Å². The van der Waals surface area contributed by atoms with Crippen molar-refractivity contribution in [3.63, 3.8) is 0 Å². The van der Waals surface area contributed by atoms with Crippen molar-refractivity contribution in [3.05, 3.63) is 48.0 Å². The van der Waals surface area contributed by atoms with Gasteiger partial charge in [0.05, 0.1) is 19.4 Å². The third-order valence-corrected chi connectivity index (χ3v) is 5.37. The van der Waals surface area contributed by atoms with E-state index >= 15 is 0 Å². The number of nitrogens with zero attached hydrogens (tertiary/aromatic N) is 4. The van der Waals surface area contributed by atoms with Crippen LogP contribution < -0.4 is 15.5 Å². The quantitative estimate of drug-likeness (QED) is 0.448. The summed E-state index contributed by atoms with van der Waals surface area (Å²) in [6.45, 7) is 12.8. The van der Waals surface area contributed by atoms with E-state index in [0.717, 1.165) is 50.6 Å². The highest BCUT2D eigenvalue weighted by Gasteiger charge is 2.26. The van der Waals surface area contributed by atoms with Crippen LogP contribution in [0.1, 0.15) is 32.1 Å². The molecule has 0 radical (unpaired) electrons. The topological polar surface area (TPSA) is 89.2 Å². The number of likely N-dealkylation sites (N-methyl/N-ethyl adjacent to an activating group) is 1. The third kappa shape index (κ3) is 5.96. The molecular weight excluding hydrogens is 380 g/mol. The Balaban J connectivity index is 1.55. The van der Waals surface area contributed by atoms with Crippen molar-refractivity contribution in [2.45, 2.75) is 32.9 Å². The Morgan fingerprint density at radius 3 is 2.60 bits per heavy atom. The van der Waals surface area contributed by atoms with Crippen LogP contribution in [0, 0.1) is 0 Å². The van der Waals surface area contributed by atoms with Crippen LogP contribution in [0.3, 0.4) is 0 Å². The second kappa shape index (κ2) is 10.4. The molecule has 0 aromatic carbocycles. The average Bonchev–Trinajstić information content (AvgIpc) is 3.32. The van der Waals surface area contributed by atoms with Gasteiger partial charge in [0.25, 0.3) is 0 Å². The Morgan fingerprint density at radius 1 is 1.20 bits per heavy atom. The molecule has 3 N–H and O–H groups in total. The highest BCUT2D eigenvalue weighted by atomic mass is 16.4. The van der Waals surface area contributed by atoms with Gasteiger partial charge < -0.3 is 30.0 Å². The van der Waals surface area contributed by atoms with Crippen LogP contribution in [0.2, 0.25) is 0 Å². The molecule has 1 saturated heterocycles. The first kappa shape index (κ1) is 22.1. The zero-order valence-corrected chi connectivity index (χ0v) is 18.3. The Bertz CT molecular complexity index is 780. The largest absolute Gasteiger partial charge is 0.466 e. The lowest BCUT2D eigenvalue weighted by molar-refractivity contribution is 0.0386. The molecule has 8 nitrogen and oxygen atoms in total. The molecule has 0 bridgehead atoms. The highest BCUT2D eigenvalue weighted by Crippen LogP contribution is 2.19. The first-order chi connectivity index (χ1) is 14.5. The molecule has 0 amide bonds. The molecule has 2 aromatic heterocycles. The molecule has 1 aliphatic rings. The number of hydrogen-bond acceptors (Lipinski definition) is 6.